The van der Waals surface area contributed by atoms with Crippen LogP contribution in [0.2, 0.25) is 10.0 Å². The summed E-state index contributed by atoms with van der Waals surface area (Å²) in [6, 6.07) is 39.2. The van der Waals surface area contributed by atoms with Crippen molar-refractivity contribution in [3.63, 3.8) is 0 Å². The Morgan fingerprint density at radius 1 is 0.636 bits per heavy atom. The molecule has 0 atom stereocenters. The summed E-state index contributed by atoms with van der Waals surface area (Å²) >= 11 is 12.0. The minimum atomic E-state index is -0.301. The van der Waals surface area contributed by atoms with Gasteiger partial charge in [0.2, 0.25) is 0 Å². The molecule has 4 aromatic heterocycles. The number of ether oxygens (including phenoxy) is 1. The van der Waals surface area contributed by atoms with Crippen LogP contribution in [0.5, 0.6) is 5.75 Å². The Hall–Kier alpha value is -5.94. The van der Waals surface area contributed by atoms with E-state index in [1.807, 2.05) is 132 Å². The van der Waals surface area contributed by atoms with Crippen molar-refractivity contribution < 1.29 is 14.3 Å². The smallest absolute Gasteiger partial charge is 0.317 e. The molecule has 0 unspecified atom stereocenters. The molecule has 0 aliphatic heterocycles. The number of nitrogens with two attached hydrogens (primary N) is 1. The molecule has 0 spiro atoms. The van der Waals surface area contributed by atoms with E-state index in [-0.39, 0.29) is 18.2 Å². The molecule has 7 aromatic rings. The average molecular weight is 775 g/mol. The van der Waals surface area contributed by atoms with E-state index in [1.54, 1.807) is 30.6 Å². The molecule has 55 heavy (non-hydrogen) atoms. The zero-order valence-corrected chi connectivity index (χ0v) is 32.1. The third kappa shape index (κ3) is 12.9. The summed E-state index contributed by atoms with van der Waals surface area (Å²) in [5.41, 5.74) is 12.9. The van der Waals surface area contributed by atoms with Crippen molar-refractivity contribution in [2.75, 3.05) is 0 Å². The number of esters is 1. The second-order valence-corrected chi connectivity index (χ2v) is 13.2. The number of aromatic nitrogens is 6. The van der Waals surface area contributed by atoms with Crippen LogP contribution in [0.25, 0.3) is 11.4 Å². The van der Waals surface area contributed by atoms with E-state index in [0.29, 0.717) is 47.3 Å². The first-order chi connectivity index (χ1) is 26.7. The third-order valence-electron chi connectivity index (χ3n) is 7.92. The van der Waals surface area contributed by atoms with Crippen molar-refractivity contribution in [1.82, 2.24) is 29.5 Å². The summed E-state index contributed by atoms with van der Waals surface area (Å²) in [6.45, 7) is 4.35. The normalized spacial score (nSPS) is 10.4. The summed E-state index contributed by atoms with van der Waals surface area (Å²) < 4.78 is 8.82. The van der Waals surface area contributed by atoms with E-state index in [9.17, 15) is 9.59 Å². The Labute approximate surface area is 330 Å². The maximum atomic E-state index is 12.2. The molecule has 0 amide bonds. The molecule has 3 aromatic carbocycles. The SMILES string of the molecule is Cc1cc(CCC(=O)Cc2ccccn2)n(-c2cccc(Cl)c2)n1.Cc1cc(CN)n(-c2cccc(Cl)c2)n1.O=C(Cc1ccccn1)Oc1ccccc1. The van der Waals surface area contributed by atoms with Crippen LogP contribution in [0.1, 0.15) is 40.6 Å². The summed E-state index contributed by atoms with van der Waals surface area (Å²) in [4.78, 5) is 32.0. The van der Waals surface area contributed by atoms with Gasteiger partial charge in [-0.15, -0.1) is 0 Å². The Morgan fingerprint density at radius 2 is 1.16 bits per heavy atom. The standard InChI is InChI=1S/C19H18ClN3O.C13H11NO2.C11H12ClN3/c1-14-11-18(23(22-14)17-7-4-5-15(20)12-17)8-9-19(24)13-16-6-2-3-10-21-16;15-13(10-11-6-4-5-9-14-11)16-12-7-2-1-3-8-12;1-8-5-11(7-13)15(14-8)10-4-2-3-9(12)6-10/h2-7,10-12H,8-9,13H2,1H3;1-9H,10H2;2-6H,7,13H2,1H3. The highest BCUT2D eigenvalue weighted by Crippen LogP contribution is 2.19. The number of carbonyl (C=O) groups excluding carboxylic acids is 2. The van der Waals surface area contributed by atoms with E-state index in [2.05, 4.69) is 20.2 Å². The molecule has 280 valence electrons. The van der Waals surface area contributed by atoms with E-state index >= 15 is 0 Å². The first-order valence-corrected chi connectivity index (χ1v) is 18.3. The first-order valence-electron chi connectivity index (χ1n) is 17.6. The Balaban J connectivity index is 0.000000165. The molecule has 0 saturated heterocycles. The maximum absolute atomic E-state index is 12.2. The monoisotopic (exact) mass is 773 g/mol. The second-order valence-electron chi connectivity index (χ2n) is 12.4. The van der Waals surface area contributed by atoms with E-state index < -0.39 is 0 Å². The lowest BCUT2D eigenvalue weighted by Crippen LogP contribution is -2.11. The topological polar surface area (TPSA) is 131 Å². The molecule has 4 heterocycles. The number of para-hydroxylation sites is 1. The van der Waals surface area contributed by atoms with Crippen LogP contribution in [0.4, 0.5) is 0 Å². The van der Waals surface area contributed by atoms with Crippen LogP contribution in [-0.2, 0) is 35.4 Å². The maximum Gasteiger partial charge on any atom is 0.317 e. The molecule has 10 nitrogen and oxygen atoms in total. The summed E-state index contributed by atoms with van der Waals surface area (Å²) in [6.07, 6.45) is 5.02. The number of carbonyl (C=O) groups is 2. The number of pyridine rings is 2. The first kappa shape index (κ1) is 40.2. The lowest BCUT2D eigenvalue weighted by atomic mass is 10.1. The minimum Gasteiger partial charge on any atom is -0.426 e. The molecule has 0 saturated carbocycles. The summed E-state index contributed by atoms with van der Waals surface area (Å²) in [5.74, 6) is 0.429. The van der Waals surface area contributed by atoms with E-state index in [4.69, 9.17) is 33.7 Å². The van der Waals surface area contributed by atoms with Crippen molar-refractivity contribution in [2.45, 2.75) is 46.1 Å². The van der Waals surface area contributed by atoms with Crippen molar-refractivity contribution in [1.29, 1.82) is 0 Å². The van der Waals surface area contributed by atoms with Gasteiger partial charge in [0.1, 0.15) is 11.5 Å². The molecular formula is C43H41Cl2N7O3. The lowest BCUT2D eigenvalue weighted by molar-refractivity contribution is -0.133. The Morgan fingerprint density at radius 3 is 1.69 bits per heavy atom. The van der Waals surface area contributed by atoms with Gasteiger partial charge in [-0.05, 0) is 105 Å². The number of halogens is 2. The van der Waals surface area contributed by atoms with E-state index in [0.717, 1.165) is 39.8 Å². The molecule has 0 bridgehead atoms. The second kappa shape index (κ2) is 20.5. The Bertz CT molecular complexity index is 2240. The number of Topliss-reactive ketones (excluding diaryl/α,β-unsaturated/α-hetero) is 1. The fourth-order valence-electron chi connectivity index (χ4n) is 5.46. The fourth-order valence-corrected chi connectivity index (χ4v) is 5.83. The number of aryl methyl sites for hydroxylation is 3. The number of ketones is 1. The zero-order chi connectivity index (χ0) is 39.0. The molecule has 0 radical (unpaired) electrons. The number of nitrogens with zero attached hydrogens (tertiary/aromatic N) is 6. The van der Waals surface area contributed by atoms with Gasteiger partial charge >= 0.3 is 5.97 Å². The predicted octanol–water partition coefficient (Wildman–Crippen LogP) is 8.50. The van der Waals surface area contributed by atoms with Gasteiger partial charge in [0.25, 0.3) is 0 Å². The molecule has 0 aliphatic rings. The highest BCUT2D eigenvalue weighted by molar-refractivity contribution is 6.31. The summed E-state index contributed by atoms with van der Waals surface area (Å²) in [7, 11) is 0. The van der Waals surface area contributed by atoms with Gasteiger partial charge in [-0.1, -0.05) is 65.7 Å². The number of benzene rings is 3. The largest absolute Gasteiger partial charge is 0.426 e. The van der Waals surface area contributed by atoms with Crippen LogP contribution in [-0.4, -0.2) is 41.3 Å². The van der Waals surface area contributed by atoms with Gasteiger partial charge in [-0.2, -0.15) is 10.2 Å². The van der Waals surface area contributed by atoms with Crippen LogP contribution < -0.4 is 10.5 Å². The number of rotatable bonds is 11. The highest BCUT2D eigenvalue weighted by Gasteiger charge is 2.12. The van der Waals surface area contributed by atoms with Crippen molar-refractivity contribution in [3.8, 4) is 17.1 Å². The molecule has 0 aliphatic carbocycles. The van der Waals surface area contributed by atoms with Gasteiger partial charge in [0, 0.05) is 53.2 Å². The van der Waals surface area contributed by atoms with Crippen LogP contribution in [0, 0.1) is 13.8 Å². The Kier molecular flexibility index (Phi) is 15.0. The molecule has 12 heteroatoms. The van der Waals surface area contributed by atoms with Crippen molar-refractivity contribution >= 4 is 35.0 Å². The van der Waals surface area contributed by atoms with Gasteiger partial charge in [0.15, 0.2) is 0 Å². The van der Waals surface area contributed by atoms with Gasteiger partial charge in [-0.25, -0.2) is 9.36 Å². The summed E-state index contributed by atoms with van der Waals surface area (Å²) in [5, 5.41) is 10.3. The van der Waals surface area contributed by atoms with Crippen molar-refractivity contribution in [3.05, 3.63) is 184 Å². The zero-order valence-electron chi connectivity index (χ0n) is 30.6. The van der Waals surface area contributed by atoms with Crippen LogP contribution >= 0.6 is 23.2 Å². The molecule has 7 rings (SSSR count). The average Bonchev–Trinajstić information content (AvgIpc) is 3.77. The third-order valence-corrected chi connectivity index (χ3v) is 8.39. The van der Waals surface area contributed by atoms with Gasteiger partial charge in [0.05, 0.1) is 40.6 Å². The quantitative estimate of drug-likeness (QED) is 0.102. The predicted molar refractivity (Wildman–Crippen MR) is 216 cm³/mol. The molecule has 2 N–H and O–H groups in total. The van der Waals surface area contributed by atoms with E-state index in [1.165, 1.54) is 0 Å². The number of hydrogen-bond acceptors (Lipinski definition) is 8. The number of hydrogen-bond donors (Lipinski definition) is 1. The van der Waals surface area contributed by atoms with Crippen molar-refractivity contribution in [2.24, 2.45) is 5.73 Å². The lowest BCUT2D eigenvalue weighted by Gasteiger charge is -2.07. The van der Waals surface area contributed by atoms with Crippen LogP contribution in [0.15, 0.2) is 140 Å². The van der Waals surface area contributed by atoms with Gasteiger partial charge < -0.3 is 10.5 Å². The van der Waals surface area contributed by atoms with Crippen LogP contribution in [0.3, 0.4) is 0 Å². The fraction of sp³-hybridized carbons (Fsp3) is 0.163. The van der Waals surface area contributed by atoms with Gasteiger partial charge in [-0.3, -0.25) is 19.6 Å². The molecule has 0 fully saturated rings. The molecular weight excluding hydrogens is 733 g/mol. The highest BCUT2D eigenvalue weighted by atomic mass is 35.5. The minimum absolute atomic E-state index is 0.171.